The number of non-ortho nitro benzene ring substituents is 1. The fraction of sp³-hybridized carbons (Fsp3) is 0.125. The highest BCUT2D eigenvalue weighted by molar-refractivity contribution is 5.92. The van der Waals surface area contributed by atoms with Crippen molar-refractivity contribution in [2.45, 2.75) is 0 Å². The number of nitrogens with one attached hydrogen (secondary N) is 1. The molecule has 0 fully saturated rings. The van der Waals surface area contributed by atoms with Gasteiger partial charge in [0.25, 0.3) is 11.6 Å². The topological polar surface area (TPSA) is 108 Å². The Morgan fingerprint density at radius 3 is 2.42 bits per heavy atom. The van der Waals surface area contributed by atoms with Gasteiger partial charge in [-0.2, -0.15) is 0 Å². The van der Waals surface area contributed by atoms with Crippen LogP contribution in [0.25, 0.3) is 0 Å². The number of ether oxygens (including phenoxy) is 2. The molecule has 0 heterocycles. The van der Waals surface area contributed by atoms with Crippen molar-refractivity contribution in [2.75, 3.05) is 18.5 Å². The average Bonchev–Trinajstić information content (AvgIpc) is 2.61. The predicted octanol–water partition coefficient (Wildman–Crippen LogP) is 2.43. The number of carbonyl (C=O) groups is 2. The van der Waals surface area contributed by atoms with Crippen LogP contribution in [-0.4, -0.2) is 30.0 Å². The lowest BCUT2D eigenvalue weighted by atomic mass is 10.3. The van der Waals surface area contributed by atoms with Gasteiger partial charge in [0.2, 0.25) is 0 Å². The predicted molar refractivity (Wildman–Crippen MR) is 84.5 cm³/mol. The van der Waals surface area contributed by atoms with Crippen molar-refractivity contribution >= 4 is 23.3 Å². The quantitative estimate of drug-likeness (QED) is 0.458. The Bertz CT molecular complexity index is 826. The largest absolute Gasteiger partial charge is 0.482 e. The summed E-state index contributed by atoms with van der Waals surface area (Å²) >= 11 is 0. The molecule has 0 atom stereocenters. The van der Waals surface area contributed by atoms with Crippen LogP contribution in [0.4, 0.5) is 20.2 Å². The van der Waals surface area contributed by atoms with Gasteiger partial charge in [-0.1, -0.05) is 0 Å². The number of rotatable bonds is 7. The van der Waals surface area contributed by atoms with Gasteiger partial charge < -0.3 is 14.8 Å². The van der Waals surface area contributed by atoms with Crippen LogP contribution in [0.5, 0.6) is 5.75 Å². The van der Waals surface area contributed by atoms with Gasteiger partial charge in [-0.05, 0) is 24.3 Å². The molecule has 2 aromatic carbocycles. The highest BCUT2D eigenvalue weighted by Gasteiger charge is 2.12. The molecule has 1 amide bonds. The van der Waals surface area contributed by atoms with Gasteiger partial charge in [-0.25, -0.2) is 13.6 Å². The normalized spacial score (nSPS) is 10.1. The first-order valence-electron chi connectivity index (χ1n) is 7.13. The number of hydrogen-bond acceptors (Lipinski definition) is 6. The third-order valence-corrected chi connectivity index (χ3v) is 2.97. The Kier molecular flexibility index (Phi) is 6.15. The molecule has 0 spiro atoms. The number of amides is 1. The van der Waals surface area contributed by atoms with Crippen molar-refractivity contribution in [3.8, 4) is 5.75 Å². The average molecular weight is 366 g/mol. The van der Waals surface area contributed by atoms with Gasteiger partial charge in [-0.3, -0.25) is 14.9 Å². The van der Waals surface area contributed by atoms with E-state index in [9.17, 15) is 28.5 Å². The van der Waals surface area contributed by atoms with E-state index in [0.717, 1.165) is 18.2 Å². The van der Waals surface area contributed by atoms with Crippen molar-refractivity contribution in [3.05, 3.63) is 64.2 Å². The summed E-state index contributed by atoms with van der Waals surface area (Å²) in [5.74, 6) is -3.14. The van der Waals surface area contributed by atoms with Crippen LogP contribution in [0, 0.1) is 21.7 Å². The summed E-state index contributed by atoms with van der Waals surface area (Å²) < 4.78 is 36.0. The molecule has 0 unspecified atom stereocenters. The maximum absolute atomic E-state index is 13.4. The number of nitrogens with zero attached hydrogens (tertiary/aromatic N) is 1. The molecule has 0 aliphatic heterocycles. The molecule has 8 nitrogen and oxygen atoms in total. The zero-order valence-corrected chi connectivity index (χ0v) is 13.1. The lowest BCUT2D eigenvalue weighted by Crippen LogP contribution is -2.24. The zero-order valence-electron chi connectivity index (χ0n) is 13.1. The minimum Gasteiger partial charge on any atom is -0.482 e. The molecule has 10 heteroatoms. The molecular formula is C16H12F2N2O6. The summed E-state index contributed by atoms with van der Waals surface area (Å²) in [4.78, 5) is 33.0. The van der Waals surface area contributed by atoms with Crippen LogP contribution in [0.15, 0.2) is 42.5 Å². The maximum atomic E-state index is 13.4. The van der Waals surface area contributed by atoms with Crippen LogP contribution in [0.1, 0.15) is 0 Å². The molecule has 136 valence electrons. The molecule has 1 N–H and O–H groups in total. The fourth-order valence-corrected chi connectivity index (χ4v) is 1.77. The summed E-state index contributed by atoms with van der Waals surface area (Å²) in [7, 11) is 0. The molecule has 2 aromatic rings. The molecule has 2 rings (SSSR count). The lowest BCUT2D eigenvalue weighted by molar-refractivity contribution is -0.384. The standard InChI is InChI=1S/C16H12F2N2O6/c17-10-1-6-13(18)14(7-10)19-15(21)8-26-16(22)9-25-12-4-2-11(3-5-12)20(23)24/h1-7H,8-9H2,(H,19,21). The third-order valence-electron chi connectivity index (χ3n) is 2.97. The summed E-state index contributed by atoms with van der Waals surface area (Å²) in [5.41, 5.74) is -0.519. The van der Waals surface area contributed by atoms with Gasteiger partial charge in [0.05, 0.1) is 10.6 Å². The summed E-state index contributed by atoms with van der Waals surface area (Å²) in [6.07, 6.45) is 0. The maximum Gasteiger partial charge on any atom is 0.344 e. The Hall–Kier alpha value is -3.56. The first kappa shape index (κ1) is 18.8. The highest BCUT2D eigenvalue weighted by atomic mass is 19.1. The number of hydrogen-bond donors (Lipinski definition) is 1. The SMILES string of the molecule is O=C(COC(=O)COc1ccc([N+](=O)[O-])cc1)Nc1cc(F)ccc1F. The van der Waals surface area contributed by atoms with Crippen LogP contribution >= 0.6 is 0 Å². The van der Waals surface area contributed by atoms with E-state index in [4.69, 9.17) is 4.74 Å². The summed E-state index contributed by atoms with van der Waals surface area (Å²) in [6, 6.07) is 7.50. The molecule has 0 bridgehead atoms. The van der Waals surface area contributed by atoms with Crippen molar-refractivity contribution in [2.24, 2.45) is 0 Å². The number of anilines is 1. The lowest BCUT2D eigenvalue weighted by Gasteiger charge is -2.08. The van der Waals surface area contributed by atoms with E-state index in [0.29, 0.717) is 0 Å². The number of nitro groups is 1. The van der Waals surface area contributed by atoms with Crippen molar-refractivity contribution < 1.29 is 32.8 Å². The van der Waals surface area contributed by atoms with Gasteiger partial charge >= 0.3 is 5.97 Å². The van der Waals surface area contributed by atoms with E-state index >= 15 is 0 Å². The summed E-state index contributed by atoms with van der Waals surface area (Å²) in [6.45, 7) is -1.27. The van der Waals surface area contributed by atoms with E-state index in [1.807, 2.05) is 0 Å². The highest BCUT2D eigenvalue weighted by Crippen LogP contribution is 2.17. The van der Waals surface area contributed by atoms with Crippen molar-refractivity contribution in [3.63, 3.8) is 0 Å². The molecule has 0 saturated carbocycles. The van der Waals surface area contributed by atoms with Crippen molar-refractivity contribution in [1.29, 1.82) is 0 Å². The number of carbonyl (C=O) groups excluding carboxylic acids is 2. The molecule has 0 aliphatic rings. The van der Waals surface area contributed by atoms with Gasteiger partial charge in [0, 0.05) is 18.2 Å². The molecular weight excluding hydrogens is 354 g/mol. The van der Waals surface area contributed by atoms with Gasteiger partial charge in [-0.15, -0.1) is 0 Å². The van der Waals surface area contributed by atoms with Crippen LogP contribution in [0.2, 0.25) is 0 Å². The molecule has 0 saturated heterocycles. The van der Waals surface area contributed by atoms with E-state index in [-0.39, 0.29) is 17.1 Å². The smallest absolute Gasteiger partial charge is 0.344 e. The second-order valence-electron chi connectivity index (χ2n) is 4.87. The number of esters is 1. The second kappa shape index (κ2) is 8.51. The first-order chi connectivity index (χ1) is 12.3. The van der Waals surface area contributed by atoms with E-state index in [1.165, 1.54) is 24.3 Å². The minimum absolute atomic E-state index is 0.138. The van der Waals surface area contributed by atoms with E-state index < -0.39 is 41.6 Å². The van der Waals surface area contributed by atoms with E-state index in [1.54, 1.807) is 0 Å². The molecule has 0 radical (unpaired) electrons. The first-order valence-corrected chi connectivity index (χ1v) is 7.13. The second-order valence-corrected chi connectivity index (χ2v) is 4.87. The molecule has 26 heavy (non-hydrogen) atoms. The van der Waals surface area contributed by atoms with E-state index in [2.05, 4.69) is 10.1 Å². The Morgan fingerprint density at radius 1 is 1.08 bits per heavy atom. The summed E-state index contributed by atoms with van der Waals surface area (Å²) in [5, 5.41) is 12.6. The van der Waals surface area contributed by atoms with Gasteiger partial charge in [0.15, 0.2) is 13.2 Å². The number of nitro benzene ring substituents is 1. The third kappa shape index (κ3) is 5.51. The molecule has 0 aliphatic carbocycles. The zero-order chi connectivity index (χ0) is 19.1. The number of halogens is 2. The Labute approximate surface area is 145 Å². The Morgan fingerprint density at radius 2 is 1.77 bits per heavy atom. The minimum atomic E-state index is -0.891. The Balaban J connectivity index is 1.76. The van der Waals surface area contributed by atoms with Gasteiger partial charge in [0.1, 0.15) is 17.4 Å². The molecule has 0 aromatic heterocycles. The van der Waals surface area contributed by atoms with Crippen LogP contribution in [0.3, 0.4) is 0 Å². The fourth-order valence-electron chi connectivity index (χ4n) is 1.77. The van der Waals surface area contributed by atoms with Crippen molar-refractivity contribution in [1.82, 2.24) is 0 Å². The van der Waals surface area contributed by atoms with Crippen LogP contribution < -0.4 is 10.1 Å². The van der Waals surface area contributed by atoms with Crippen LogP contribution in [-0.2, 0) is 14.3 Å². The monoisotopic (exact) mass is 366 g/mol. The number of benzene rings is 2.